The second-order valence-electron chi connectivity index (χ2n) is 4.77. The second kappa shape index (κ2) is 4.49. The van der Waals surface area contributed by atoms with Crippen LogP contribution in [0.5, 0.6) is 0 Å². The van der Waals surface area contributed by atoms with Crippen LogP contribution in [0, 0.1) is 0 Å². The van der Waals surface area contributed by atoms with Gasteiger partial charge in [-0.05, 0) is 32.9 Å². The van der Waals surface area contributed by atoms with Gasteiger partial charge in [0.25, 0.3) is 0 Å². The van der Waals surface area contributed by atoms with Crippen molar-refractivity contribution in [3.8, 4) is 0 Å². The predicted molar refractivity (Wildman–Crippen MR) is 64.7 cm³/mol. The van der Waals surface area contributed by atoms with Crippen molar-refractivity contribution in [3.63, 3.8) is 0 Å². The first-order chi connectivity index (χ1) is 7.61. The Morgan fingerprint density at radius 2 is 1.71 bits per heavy atom. The van der Waals surface area contributed by atoms with E-state index in [1.807, 2.05) is 0 Å². The number of hydrogen-bond donors (Lipinski definition) is 0. The van der Waals surface area contributed by atoms with Gasteiger partial charge in [-0.3, -0.25) is 0 Å². The summed E-state index contributed by atoms with van der Waals surface area (Å²) in [6.45, 7) is 5.19. The Bertz CT molecular complexity index is 524. The van der Waals surface area contributed by atoms with Crippen LogP contribution in [0.2, 0.25) is 0 Å². The molecule has 0 amide bonds. The first-order valence-electron chi connectivity index (χ1n) is 5.14. The summed E-state index contributed by atoms with van der Waals surface area (Å²) in [5, 5.41) is 0. The van der Waals surface area contributed by atoms with E-state index in [4.69, 9.17) is 4.74 Å². The van der Waals surface area contributed by atoms with Crippen LogP contribution in [0.1, 0.15) is 31.1 Å². The third-order valence-corrected chi connectivity index (χ3v) is 3.06. The van der Waals surface area contributed by atoms with Gasteiger partial charge in [-0.2, -0.15) is 0 Å². The van der Waals surface area contributed by atoms with Crippen molar-refractivity contribution in [1.29, 1.82) is 0 Å². The zero-order valence-corrected chi connectivity index (χ0v) is 11.2. The molecule has 0 aromatic heterocycles. The molecule has 5 heteroatoms. The van der Waals surface area contributed by atoms with E-state index in [1.54, 1.807) is 32.9 Å². The van der Waals surface area contributed by atoms with E-state index >= 15 is 0 Å². The van der Waals surface area contributed by atoms with Crippen molar-refractivity contribution >= 4 is 15.8 Å². The molecular weight excluding hydrogens is 240 g/mol. The molecule has 1 rings (SSSR count). The van der Waals surface area contributed by atoms with Gasteiger partial charge in [-0.1, -0.05) is 12.1 Å². The maximum Gasteiger partial charge on any atom is 0.339 e. The molecule has 0 aliphatic rings. The van der Waals surface area contributed by atoms with Gasteiger partial charge < -0.3 is 4.74 Å². The summed E-state index contributed by atoms with van der Waals surface area (Å²) in [6, 6.07) is 6.03. The Kier molecular flexibility index (Phi) is 3.62. The summed E-state index contributed by atoms with van der Waals surface area (Å²) in [5.41, 5.74) is -0.577. The molecule has 0 atom stereocenters. The number of hydrogen-bond acceptors (Lipinski definition) is 4. The highest BCUT2D eigenvalue weighted by atomic mass is 32.2. The molecule has 17 heavy (non-hydrogen) atoms. The lowest BCUT2D eigenvalue weighted by Gasteiger charge is -2.20. The number of ether oxygens (including phenoxy) is 1. The molecule has 94 valence electrons. The van der Waals surface area contributed by atoms with Gasteiger partial charge in [0.2, 0.25) is 0 Å². The van der Waals surface area contributed by atoms with E-state index in [2.05, 4.69) is 0 Å². The van der Waals surface area contributed by atoms with Crippen LogP contribution >= 0.6 is 0 Å². The van der Waals surface area contributed by atoms with E-state index in [0.29, 0.717) is 0 Å². The molecule has 0 spiro atoms. The lowest BCUT2D eigenvalue weighted by atomic mass is 10.1. The number of esters is 1. The first kappa shape index (κ1) is 13.7. The maximum absolute atomic E-state index is 11.8. The smallest absolute Gasteiger partial charge is 0.339 e. The molecule has 1 aromatic rings. The molecular formula is C12H16O4S. The van der Waals surface area contributed by atoms with Crippen LogP contribution in [-0.4, -0.2) is 26.2 Å². The Morgan fingerprint density at radius 1 is 1.18 bits per heavy atom. The quantitative estimate of drug-likeness (QED) is 0.760. The summed E-state index contributed by atoms with van der Waals surface area (Å²) in [6.07, 6.45) is 1.07. The van der Waals surface area contributed by atoms with Crippen molar-refractivity contribution in [3.05, 3.63) is 29.8 Å². The zero-order valence-electron chi connectivity index (χ0n) is 10.4. The monoisotopic (exact) mass is 256 g/mol. The second-order valence-corrected chi connectivity index (χ2v) is 6.75. The minimum atomic E-state index is -3.43. The average molecular weight is 256 g/mol. The molecule has 0 radical (unpaired) electrons. The molecule has 0 fully saturated rings. The highest BCUT2D eigenvalue weighted by molar-refractivity contribution is 7.90. The van der Waals surface area contributed by atoms with Crippen molar-refractivity contribution in [1.82, 2.24) is 0 Å². The lowest BCUT2D eigenvalue weighted by molar-refractivity contribution is 0.00651. The van der Waals surface area contributed by atoms with Crippen LogP contribution in [-0.2, 0) is 14.6 Å². The molecule has 0 aliphatic carbocycles. The van der Waals surface area contributed by atoms with E-state index < -0.39 is 21.4 Å². The van der Waals surface area contributed by atoms with Crippen molar-refractivity contribution in [2.75, 3.05) is 6.26 Å². The normalized spacial score (nSPS) is 12.2. The minimum absolute atomic E-state index is 0.00532. The van der Waals surface area contributed by atoms with Gasteiger partial charge in [-0.25, -0.2) is 13.2 Å². The molecule has 0 saturated heterocycles. The lowest BCUT2D eigenvalue weighted by Crippen LogP contribution is -2.25. The number of benzene rings is 1. The zero-order chi connectivity index (χ0) is 13.3. The first-order valence-corrected chi connectivity index (χ1v) is 7.03. The van der Waals surface area contributed by atoms with Crippen LogP contribution in [0.15, 0.2) is 29.2 Å². The van der Waals surface area contributed by atoms with Gasteiger partial charge in [0.05, 0.1) is 10.5 Å². The van der Waals surface area contributed by atoms with E-state index in [1.165, 1.54) is 12.1 Å². The summed E-state index contributed by atoms with van der Waals surface area (Å²) in [7, 11) is -3.43. The largest absolute Gasteiger partial charge is 0.456 e. The number of rotatable bonds is 2. The third kappa shape index (κ3) is 3.85. The number of sulfone groups is 1. The fraction of sp³-hybridized carbons (Fsp3) is 0.417. The maximum atomic E-state index is 11.8. The number of carbonyl (C=O) groups excluding carboxylic acids is 1. The fourth-order valence-electron chi connectivity index (χ4n) is 1.29. The average Bonchev–Trinajstić information content (AvgIpc) is 2.13. The Hall–Kier alpha value is -1.36. The molecule has 0 bridgehead atoms. The Morgan fingerprint density at radius 3 is 2.18 bits per heavy atom. The predicted octanol–water partition coefficient (Wildman–Crippen LogP) is 2.05. The summed E-state index contributed by atoms with van der Waals surface area (Å²) in [5.74, 6) is -0.626. The summed E-state index contributed by atoms with van der Waals surface area (Å²) < 4.78 is 28.2. The minimum Gasteiger partial charge on any atom is -0.456 e. The fourth-order valence-corrected chi connectivity index (χ4v) is 2.17. The molecule has 0 heterocycles. The molecule has 1 aromatic carbocycles. The Labute approximate surface area is 102 Å². The van der Waals surface area contributed by atoms with Gasteiger partial charge in [-0.15, -0.1) is 0 Å². The molecule has 0 saturated carbocycles. The number of carbonyl (C=O) groups is 1. The standard InChI is InChI=1S/C12H16O4S/c1-12(2,3)16-11(13)9-7-5-6-8-10(9)17(4,14)15/h5-8H,1-4H3. The van der Waals surface area contributed by atoms with E-state index in [0.717, 1.165) is 6.26 Å². The topological polar surface area (TPSA) is 60.4 Å². The molecule has 0 N–H and O–H groups in total. The highest BCUT2D eigenvalue weighted by Gasteiger charge is 2.23. The van der Waals surface area contributed by atoms with Gasteiger partial charge in [0, 0.05) is 6.26 Å². The van der Waals surface area contributed by atoms with E-state index in [-0.39, 0.29) is 10.5 Å². The van der Waals surface area contributed by atoms with Crippen molar-refractivity contribution in [2.45, 2.75) is 31.3 Å². The van der Waals surface area contributed by atoms with Crippen LogP contribution in [0.3, 0.4) is 0 Å². The van der Waals surface area contributed by atoms with Crippen molar-refractivity contribution in [2.24, 2.45) is 0 Å². The van der Waals surface area contributed by atoms with Crippen LogP contribution < -0.4 is 0 Å². The highest BCUT2D eigenvalue weighted by Crippen LogP contribution is 2.19. The van der Waals surface area contributed by atoms with Crippen LogP contribution in [0.4, 0.5) is 0 Å². The molecule has 0 aliphatic heterocycles. The van der Waals surface area contributed by atoms with Crippen molar-refractivity contribution < 1.29 is 17.9 Å². The summed E-state index contributed by atoms with van der Waals surface area (Å²) in [4.78, 5) is 11.8. The van der Waals surface area contributed by atoms with Gasteiger partial charge in [0.1, 0.15) is 5.60 Å². The van der Waals surface area contributed by atoms with E-state index in [9.17, 15) is 13.2 Å². The van der Waals surface area contributed by atoms with Gasteiger partial charge in [0.15, 0.2) is 9.84 Å². The Balaban J connectivity index is 3.20. The van der Waals surface area contributed by atoms with Crippen LogP contribution in [0.25, 0.3) is 0 Å². The SMILES string of the molecule is CC(C)(C)OC(=O)c1ccccc1S(C)(=O)=O. The molecule has 0 unspecified atom stereocenters. The van der Waals surface area contributed by atoms with Gasteiger partial charge >= 0.3 is 5.97 Å². The summed E-state index contributed by atoms with van der Waals surface area (Å²) >= 11 is 0. The third-order valence-electron chi connectivity index (χ3n) is 1.91. The molecule has 4 nitrogen and oxygen atoms in total.